The summed E-state index contributed by atoms with van der Waals surface area (Å²) in [4.78, 5) is 29.6. The number of benzene rings is 2. The first-order chi connectivity index (χ1) is 14.4. The number of esters is 1. The summed E-state index contributed by atoms with van der Waals surface area (Å²) in [5.41, 5.74) is 2.88. The van der Waals surface area contributed by atoms with Gasteiger partial charge in [0.15, 0.2) is 4.80 Å². The number of hydrogen-bond donors (Lipinski definition) is 0. The first-order valence-corrected chi connectivity index (χ1v) is 10.7. The lowest BCUT2D eigenvalue weighted by molar-refractivity contribution is -0.143. The van der Waals surface area contributed by atoms with Crippen molar-refractivity contribution < 1.29 is 19.1 Å². The number of hydrogen-bond acceptors (Lipinski definition) is 5. The van der Waals surface area contributed by atoms with E-state index in [1.54, 1.807) is 18.6 Å². The maximum absolute atomic E-state index is 12.7. The number of carbonyl (C=O) groups is 2. The van der Waals surface area contributed by atoms with Gasteiger partial charge in [-0.1, -0.05) is 43.4 Å². The summed E-state index contributed by atoms with van der Waals surface area (Å²) in [6.45, 7) is 6.35. The fourth-order valence-corrected chi connectivity index (χ4v) is 4.22. The molecule has 0 spiro atoms. The molecule has 158 valence electrons. The Morgan fingerprint density at radius 1 is 1.17 bits per heavy atom. The molecule has 0 aliphatic carbocycles. The lowest BCUT2D eigenvalue weighted by atomic mass is 10.0. The van der Waals surface area contributed by atoms with Gasteiger partial charge >= 0.3 is 5.97 Å². The van der Waals surface area contributed by atoms with Crippen molar-refractivity contribution in [1.82, 2.24) is 4.57 Å². The molecule has 6 nitrogen and oxygen atoms in total. The normalized spacial score (nSPS) is 11.8. The second-order valence-electron chi connectivity index (χ2n) is 7.19. The molecule has 0 saturated carbocycles. The van der Waals surface area contributed by atoms with Crippen molar-refractivity contribution in [1.29, 1.82) is 0 Å². The van der Waals surface area contributed by atoms with E-state index in [0.29, 0.717) is 23.1 Å². The summed E-state index contributed by atoms with van der Waals surface area (Å²) in [5, 5.41) is 0. The van der Waals surface area contributed by atoms with E-state index >= 15 is 0 Å². The van der Waals surface area contributed by atoms with E-state index in [-0.39, 0.29) is 24.8 Å². The van der Waals surface area contributed by atoms with Gasteiger partial charge in [-0.05, 0) is 48.2 Å². The van der Waals surface area contributed by atoms with Gasteiger partial charge in [-0.25, -0.2) is 0 Å². The standard InChI is InChI=1S/C23H26N2O4S/c1-5-29-22(27)14-25-19-10-9-17(15(2)3)13-20(19)30-23(25)24-21(26)12-16-7-6-8-18(11-16)28-4/h6-11,13,15H,5,12,14H2,1-4H3. The molecule has 0 saturated heterocycles. The van der Waals surface area contributed by atoms with Crippen LogP contribution in [0.3, 0.4) is 0 Å². The second-order valence-corrected chi connectivity index (χ2v) is 8.20. The van der Waals surface area contributed by atoms with Crippen LogP contribution in [0.5, 0.6) is 5.75 Å². The second kappa shape index (κ2) is 9.71. The van der Waals surface area contributed by atoms with E-state index in [9.17, 15) is 9.59 Å². The Balaban J connectivity index is 2.00. The Hall–Kier alpha value is -2.93. The number of nitrogens with zero attached hydrogens (tertiary/aromatic N) is 2. The Bertz CT molecular complexity index is 1130. The van der Waals surface area contributed by atoms with Crippen molar-refractivity contribution in [2.45, 2.75) is 39.7 Å². The van der Waals surface area contributed by atoms with Crippen LogP contribution >= 0.6 is 11.3 Å². The third-order valence-electron chi connectivity index (χ3n) is 4.68. The number of thiazole rings is 1. The molecule has 0 radical (unpaired) electrons. The van der Waals surface area contributed by atoms with E-state index in [1.165, 1.54) is 16.9 Å². The summed E-state index contributed by atoms with van der Waals surface area (Å²) < 4.78 is 13.1. The number of rotatable bonds is 7. The third kappa shape index (κ3) is 5.16. The molecule has 3 rings (SSSR count). The zero-order valence-electron chi connectivity index (χ0n) is 17.7. The van der Waals surface area contributed by atoms with Crippen molar-refractivity contribution in [3.8, 4) is 5.75 Å². The molecule has 3 aromatic rings. The van der Waals surface area contributed by atoms with Crippen LogP contribution in [0.15, 0.2) is 47.5 Å². The molecule has 7 heteroatoms. The molecule has 0 fully saturated rings. The van der Waals surface area contributed by atoms with Crippen LogP contribution in [0.1, 0.15) is 37.8 Å². The highest BCUT2D eigenvalue weighted by Crippen LogP contribution is 2.24. The Kier molecular flexibility index (Phi) is 7.05. The van der Waals surface area contributed by atoms with Crippen LogP contribution in [0.2, 0.25) is 0 Å². The van der Waals surface area contributed by atoms with Crippen molar-refractivity contribution in [3.63, 3.8) is 0 Å². The smallest absolute Gasteiger partial charge is 0.326 e. The number of carbonyl (C=O) groups excluding carboxylic acids is 2. The summed E-state index contributed by atoms with van der Waals surface area (Å²) in [7, 11) is 1.59. The number of fused-ring (bicyclic) bond motifs is 1. The Labute approximate surface area is 179 Å². The molecule has 0 aliphatic heterocycles. The monoisotopic (exact) mass is 426 g/mol. The highest BCUT2D eigenvalue weighted by atomic mass is 32.1. The summed E-state index contributed by atoms with van der Waals surface area (Å²) in [5.74, 6) is 0.439. The molecule has 1 heterocycles. The minimum Gasteiger partial charge on any atom is -0.497 e. The zero-order chi connectivity index (χ0) is 21.7. The average Bonchev–Trinajstić information content (AvgIpc) is 3.04. The predicted octanol–water partition coefficient (Wildman–Crippen LogP) is 4.07. The molecule has 1 aromatic heterocycles. The third-order valence-corrected chi connectivity index (χ3v) is 5.72. The molecule has 0 unspecified atom stereocenters. The minimum absolute atomic E-state index is 0.0140. The van der Waals surface area contributed by atoms with E-state index in [0.717, 1.165) is 15.8 Å². The molecule has 0 bridgehead atoms. The van der Waals surface area contributed by atoms with Gasteiger partial charge in [-0.3, -0.25) is 9.59 Å². The summed E-state index contributed by atoms with van der Waals surface area (Å²) in [6.07, 6.45) is 0.155. The fraction of sp³-hybridized carbons (Fsp3) is 0.348. The topological polar surface area (TPSA) is 69.9 Å². The van der Waals surface area contributed by atoms with Gasteiger partial charge in [0.1, 0.15) is 12.3 Å². The lowest BCUT2D eigenvalue weighted by Gasteiger charge is -2.07. The van der Waals surface area contributed by atoms with Crippen LogP contribution in [-0.2, 0) is 27.3 Å². The summed E-state index contributed by atoms with van der Waals surface area (Å²) >= 11 is 1.41. The SMILES string of the molecule is CCOC(=O)Cn1c(=NC(=O)Cc2cccc(OC)c2)sc2cc(C(C)C)ccc21. The zero-order valence-corrected chi connectivity index (χ0v) is 18.5. The van der Waals surface area contributed by atoms with Gasteiger partial charge in [-0.15, -0.1) is 0 Å². The molecule has 1 amide bonds. The van der Waals surface area contributed by atoms with Gasteiger partial charge in [0, 0.05) is 0 Å². The van der Waals surface area contributed by atoms with E-state index in [1.807, 2.05) is 36.4 Å². The van der Waals surface area contributed by atoms with E-state index in [2.05, 4.69) is 24.9 Å². The average molecular weight is 427 g/mol. The van der Waals surface area contributed by atoms with E-state index < -0.39 is 0 Å². The number of amides is 1. The molecular formula is C23H26N2O4S. The van der Waals surface area contributed by atoms with Crippen LogP contribution in [0.4, 0.5) is 0 Å². The van der Waals surface area contributed by atoms with Gasteiger partial charge < -0.3 is 14.0 Å². The Morgan fingerprint density at radius 3 is 2.67 bits per heavy atom. The molecular weight excluding hydrogens is 400 g/mol. The van der Waals surface area contributed by atoms with Crippen LogP contribution in [-0.4, -0.2) is 30.2 Å². The molecule has 0 atom stereocenters. The molecule has 30 heavy (non-hydrogen) atoms. The first-order valence-electron chi connectivity index (χ1n) is 9.90. The van der Waals surface area contributed by atoms with Crippen molar-refractivity contribution in [2.75, 3.05) is 13.7 Å². The van der Waals surface area contributed by atoms with Crippen molar-refractivity contribution >= 4 is 33.4 Å². The molecule has 0 aliphatic rings. The number of aromatic nitrogens is 1. The molecule has 0 N–H and O–H groups in total. The molecule has 2 aromatic carbocycles. The van der Waals surface area contributed by atoms with Crippen LogP contribution < -0.4 is 9.54 Å². The van der Waals surface area contributed by atoms with Gasteiger partial charge in [0.2, 0.25) is 0 Å². The largest absolute Gasteiger partial charge is 0.497 e. The van der Waals surface area contributed by atoms with Gasteiger partial charge in [0.25, 0.3) is 5.91 Å². The highest BCUT2D eigenvalue weighted by Gasteiger charge is 2.14. The number of methoxy groups -OCH3 is 1. The Morgan fingerprint density at radius 2 is 1.97 bits per heavy atom. The van der Waals surface area contributed by atoms with Gasteiger partial charge in [0.05, 0.1) is 30.4 Å². The van der Waals surface area contributed by atoms with E-state index in [4.69, 9.17) is 9.47 Å². The van der Waals surface area contributed by atoms with Gasteiger partial charge in [-0.2, -0.15) is 4.99 Å². The summed E-state index contributed by atoms with van der Waals surface area (Å²) in [6, 6.07) is 13.5. The lowest BCUT2D eigenvalue weighted by Crippen LogP contribution is -2.23. The quantitative estimate of drug-likeness (QED) is 0.534. The number of ether oxygens (including phenoxy) is 2. The van der Waals surface area contributed by atoms with Crippen LogP contribution in [0, 0.1) is 0 Å². The highest BCUT2D eigenvalue weighted by molar-refractivity contribution is 7.16. The fourth-order valence-electron chi connectivity index (χ4n) is 3.13. The predicted molar refractivity (Wildman–Crippen MR) is 118 cm³/mol. The van der Waals surface area contributed by atoms with Crippen molar-refractivity contribution in [3.05, 3.63) is 58.4 Å². The van der Waals surface area contributed by atoms with Crippen molar-refractivity contribution in [2.24, 2.45) is 4.99 Å². The maximum Gasteiger partial charge on any atom is 0.326 e. The first kappa shape index (κ1) is 21.8. The van der Waals surface area contributed by atoms with Crippen LogP contribution in [0.25, 0.3) is 10.2 Å². The minimum atomic E-state index is -0.355. The maximum atomic E-state index is 12.7.